The first-order valence-electron chi connectivity index (χ1n) is 9.88. The van der Waals surface area contributed by atoms with Gasteiger partial charge in [0, 0.05) is 18.7 Å². The van der Waals surface area contributed by atoms with E-state index >= 15 is 0 Å². The fraction of sp³-hybridized carbons (Fsp3) is 0.250. The molecule has 1 atom stereocenters. The van der Waals surface area contributed by atoms with Crippen LogP contribution in [0.4, 0.5) is 10.1 Å². The minimum absolute atomic E-state index is 0.238. The van der Waals surface area contributed by atoms with Gasteiger partial charge in [0.2, 0.25) is 0 Å². The predicted octanol–water partition coefficient (Wildman–Crippen LogP) is 4.98. The van der Waals surface area contributed by atoms with Crippen LogP contribution in [0.25, 0.3) is 11.1 Å². The molecular formula is C24H23FN2O3. The van der Waals surface area contributed by atoms with Gasteiger partial charge in [-0.3, -0.25) is 4.98 Å². The zero-order valence-corrected chi connectivity index (χ0v) is 16.7. The van der Waals surface area contributed by atoms with Crippen LogP contribution in [0.2, 0.25) is 0 Å². The van der Waals surface area contributed by atoms with E-state index < -0.39 is 12.6 Å². The molecule has 1 unspecified atom stereocenters. The number of alkyl halides is 1. The molecule has 3 aromatic rings. The third kappa shape index (κ3) is 4.13. The Morgan fingerprint density at radius 1 is 1.20 bits per heavy atom. The molecule has 0 saturated carbocycles. The van der Waals surface area contributed by atoms with Crippen molar-refractivity contribution in [3.63, 3.8) is 0 Å². The Labute approximate surface area is 174 Å². The van der Waals surface area contributed by atoms with E-state index in [9.17, 15) is 9.18 Å². The summed E-state index contributed by atoms with van der Waals surface area (Å²) in [6, 6.07) is 15.3. The highest BCUT2D eigenvalue weighted by Crippen LogP contribution is 2.37. The maximum atomic E-state index is 12.8. The van der Waals surface area contributed by atoms with Crippen LogP contribution in [0.1, 0.15) is 33.8 Å². The number of methoxy groups -OCH3 is 1. The summed E-state index contributed by atoms with van der Waals surface area (Å²) in [5, 5.41) is 3.34. The van der Waals surface area contributed by atoms with Crippen LogP contribution in [0.15, 0.2) is 60.9 Å². The summed E-state index contributed by atoms with van der Waals surface area (Å²) >= 11 is 0. The van der Waals surface area contributed by atoms with Crippen LogP contribution in [0, 0.1) is 0 Å². The number of ether oxygens (including phenoxy) is 2. The average molecular weight is 406 g/mol. The number of halogens is 1. The standard InChI is InChI=1S/C24H23FN2O3/c1-29-24(28)21-8-10-26-15-22(21)27-14-19-9-11-30-23-12-18(6-7-20(19)23)17-4-2-16(13-25)3-5-17/h2-8,10,12,15,19,27H,9,11,13-14H2,1H3. The van der Waals surface area contributed by atoms with Gasteiger partial charge in [-0.2, -0.15) is 0 Å². The Morgan fingerprint density at radius 2 is 2.00 bits per heavy atom. The first kappa shape index (κ1) is 19.9. The smallest absolute Gasteiger partial charge is 0.340 e. The zero-order valence-electron chi connectivity index (χ0n) is 16.7. The van der Waals surface area contributed by atoms with Crippen LogP contribution < -0.4 is 10.1 Å². The molecule has 1 N–H and O–H groups in total. The Bertz CT molecular complexity index is 1040. The van der Waals surface area contributed by atoms with Gasteiger partial charge in [0.25, 0.3) is 0 Å². The van der Waals surface area contributed by atoms with E-state index in [0.29, 0.717) is 30.0 Å². The number of pyridine rings is 1. The van der Waals surface area contributed by atoms with Crippen molar-refractivity contribution in [2.24, 2.45) is 0 Å². The van der Waals surface area contributed by atoms with Gasteiger partial charge in [-0.15, -0.1) is 0 Å². The second-order valence-corrected chi connectivity index (χ2v) is 7.21. The van der Waals surface area contributed by atoms with E-state index in [1.54, 1.807) is 30.6 Å². The molecule has 4 rings (SSSR count). The van der Waals surface area contributed by atoms with Gasteiger partial charge in [-0.25, -0.2) is 9.18 Å². The van der Waals surface area contributed by atoms with Crippen LogP contribution in [-0.4, -0.2) is 31.2 Å². The van der Waals surface area contributed by atoms with Crippen molar-refractivity contribution in [3.8, 4) is 16.9 Å². The van der Waals surface area contributed by atoms with E-state index in [1.165, 1.54) is 7.11 Å². The summed E-state index contributed by atoms with van der Waals surface area (Å²) < 4.78 is 23.5. The first-order chi connectivity index (χ1) is 14.7. The first-order valence-corrected chi connectivity index (χ1v) is 9.88. The van der Waals surface area contributed by atoms with Crippen LogP contribution in [0.3, 0.4) is 0 Å². The number of nitrogens with one attached hydrogen (secondary N) is 1. The molecule has 0 saturated heterocycles. The monoisotopic (exact) mass is 406 g/mol. The molecule has 0 bridgehead atoms. The van der Waals surface area contributed by atoms with Crippen molar-refractivity contribution in [2.75, 3.05) is 25.6 Å². The lowest BCUT2D eigenvalue weighted by Gasteiger charge is -2.27. The minimum atomic E-state index is -0.461. The Hall–Kier alpha value is -3.41. The van der Waals surface area contributed by atoms with Gasteiger partial charge in [0.1, 0.15) is 12.4 Å². The fourth-order valence-corrected chi connectivity index (χ4v) is 3.70. The normalized spacial score (nSPS) is 15.1. The molecule has 154 valence electrons. The number of hydrogen-bond donors (Lipinski definition) is 1. The van der Waals surface area contributed by atoms with Crippen molar-refractivity contribution in [1.29, 1.82) is 0 Å². The summed E-state index contributed by atoms with van der Waals surface area (Å²) in [5.74, 6) is 0.706. The van der Waals surface area contributed by atoms with Crippen molar-refractivity contribution in [3.05, 3.63) is 77.6 Å². The molecule has 0 aliphatic carbocycles. The number of rotatable bonds is 6. The Kier molecular flexibility index (Phi) is 5.93. The summed E-state index contributed by atoms with van der Waals surface area (Å²) in [4.78, 5) is 16.1. The lowest BCUT2D eigenvalue weighted by atomic mass is 9.91. The number of fused-ring (bicyclic) bond motifs is 1. The molecule has 6 heteroatoms. The largest absolute Gasteiger partial charge is 0.493 e. The Balaban J connectivity index is 1.52. The van der Waals surface area contributed by atoms with Gasteiger partial charge < -0.3 is 14.8 Å². The SMILES string of the molecule is COC(=O)c1ccncc1NCC1CCOc2cc(-c3ccc(CF)cc3)ccc21. The molecule has 0 amide bonds. The lowest BCUT2D eigenvalue weighted by molar-refractivity contribution is 0.0601. The molecule has 0 spiro atoms. The minimum Gasteiger partial charge on any atom is -0.493 e. The number of aromatic nitrogens is 1. The number of nitrogens with zero attached hydrogens (tertiary/aromatic N) is 1. The summed E-state index contributed by atoms with van der Waals surface area (Å²) in [5.41, 5.74) is 4.97. The lowest BCUT2D eigenvalue weighted by Crippen LogP contribution is -2.21. The quantitative estimate of drug-likeness (QED) is 0.585. The van der Waals surface area contributed by atoms with Crippen molar-refractivity contribution < 1.29 is 18.7 Å². The molecule has 0 fully saturated rings. The number of esters is 1. The maximum Gasteiger partial charge on any atom is 0.340 e. The molecule has 0 radical (unpaired) electrons. The van der Waals surface area contributed by atoms with E-state index in [1.807, 2.05) is 18.2 Å². The zero-order chi connectivity index (χ0) is 20.9. The average Bonchev–Trinajstić information content (AvgIpc) is 2.82. The highest BCUT2D eigenvalue weighted by Gasteiger charge is 2.23. The molecule has 1 aliphatic heterocycles. The fourth-order valence-electron chi connectivity index (χ4n) is 3.70. The van der Waals surface area contributed by atoms with Crippen molar-refractivity contribution in [2.45, 2.75) is 19.0 Å². The van der Waals surface area contributed by atoms with Gasteiger partial charge in [-0.1, -0.05) is 36.4 Å². The second kappa shape index (κ2) is 8.95. The maximum absolute atomic E-state index is 12.8. The van der Waals surface area contributed by atoms with E-state index in [-0.39, 0.29) is 5.92 Å². The van der Waals surface area contributed by atoms with E-state index in [4.69, 9.17) is 9.47 Å². The summed E-state index contributed by atoms with van der Waals surface area (Å²) in [6.07, 6.45) is 4.08. The molecule has 2 heterocycles. The third-order valence-electron chi connectivity index (χ3n) is 5.38. The summed E-state index contributed by atoms with van der Waals surface area (Å²) in [7, 11) is 1.37. The molecule has 2 aromatic carbocycles. The van der Waals surface area contributed by atoms with Gasteiger partial charge in [0.05, 0.1) is 31.2 Å². The number of hydrogen-bond acceptors (Lipinski definition) is 5. The topological polar surface area (TPSA) is 60.5 Å². The molecular weight excluding hydrogens is 383 g/mol. The van der Waals surface area contributed by atoms with Gasteiger partial charge in [0.15, 0.2) is 0 Å². The highest BCUT2D eigenvalue weighted by atomic mass is 19.1. The number of carbonyl (C=O) groups excluding carboxylic acids is 1. The predicted molar refractivity (Wildman–Crippen MR) is 114 cm³/mol. The van der Waals surface area contributed by atoms with Crippen molar-refractivity contribution in [1.82, 2.24) is 4.98 Å². The molecule has 30 heavy (non-hydrogen) atoms. The van der Waals surface area contributed by atoms with E-state index in [2.05, 4.69) is 22.4 Å². The molecule has 1 aliphatic rings. The van der Waals surface area contributed by atoms with Gasteiger partial charge >= 0.3 is 5.97 Å². The third-order valence-corrected chi connectivity index (χ3v) is 5.38. The number of carbonyl (C=O) groups is 1. The van der Waals surface area contributed by atoms with Crippen LogP contribution >= 0.6 is 0 Å². The van der Waals surface area contributed by atoms with Gasteiger partial charge in [-0.05, 0) is 40.8 Å². The van der Waals surface area contributed by atoms with Crippen LogP contribution in [-0.2, 0) is 11.4 Å². The summed E-state index contributed by atoms with van der Waals surface area (Å²) in [6.45, 7) is 0.813. The number of benzene rings is 2. The highest BCUT2D eigenvalue weighted by molar-refractivity contribution is 5.95. The van der Waals surface area contributed by atoms with E-state index in [0.717, 1.165) is 28.9 Å². The molecule has 1 aromatic heterocycles. The Morgan fingerprint density at radius 3 is 2.77 bits per heavy atom. The van der Waals surface area contributed by atoms with Crippen LogP contribution in [0.5, 0.6) is 5.75 Å². The molecule has 5 nitrogen and oxygen atoms in total. The number of anilines is 1. The second-order valence-electron chi connectivity index (χ2n) is 7.21. The van der Waals surface area contributed by atoms with Crippen molar-refractivity contribution >= 4 is 11.7 Å².